The summed E-state index contributed by atoms with van der Waals surface area (Å²) >= 11 is 0. The van der Waals surface area contributed by atoms with Gasteiger partial charge in [-0.2, -0.15) is 0 Å². The molecule has 2 aliphatic heterocycles. The molecule has 3 unspecified atom stereocenters. The quantitative estimate of drug-likeness (QED) is 0.415. The summed E-state index contributed by atoms with van der Waals surface area (Å²) in [4.78, 5) is 7.49. The summed E-state index contributed by atoms with van der Waals surface area (Å²) in [5.74, 6) is 2.37. The molecule has 3 atom stereocenters. The molecule has 1 aromatic rings. The van der Waals surface area contributed by atoms with Crippen molar-refractivity contribution >= 4 is 5.96 Å². The van der Waals surface area contributed by atoms with Crippen molar-refractivity contribution < 1.29 is 9.84 Å². The van der Waals surface area contributed by atoms with Crippen molar-refractivity contribution in [2.45, 2.75) is 53.1 Å². The molecule has 174 valence electrons. The van der Waals surface area contributed by atoms with Crippen LogP contribution < -0.4 is 10.6 Å². The molecule has 0 saturated carbocycles. The van der Waals surface area contributed by atoms with Crippen LogP contribution in [-0.2, 0) is 17.8 Å². The van der Waals surface area contributed by atoms with Gasteiger partial charge in [0, 0.05) is 51.4 Å². The van der Waals surface area contributed by atoms with Crippen molar-refractivity contribution in [1.82, 2.24) is 15.5 Å². The van der Waals surface area contributed by atoms with Crippen LogP contribution in [0, 0.1) is 17.3 Å². The summed E-state index contributed by atoms with van der Waals surface area (Å²) in [7, 11) is 0. The highest BCUT2D eigenvalue weighted by atomic mass is 16.5. The van der Waals surface area contributed by atoms with Gasteiger partial charge in [-0.25, -0.2) is 4.99 Å². The molecule has 3 N–H and O–H groups in total. The van der Waals surface area contributed by atoms with E-state index in [1.54, 1.807) is 0 Å². The van der Waals surface area contributed by atoms with Crippen molar-refractivity contribution in [3.63, 3.8) is 0 Å². The normalized spacial score (nSPS) is 27.4. The molecule has 3 rings (SSSR count). The minimum atomic E-state index is 0.00446. The lowest BCUT2D eigenvalue weighted by atomic mass is 9.84. The molecule has 0 aliphatic carbocycles. The third-order valence-electron chi connectivity index (χ3n) is 6.67. The summed E-state index contributed by atoms with van der Waals surface area (Å²) in [6.07, 6.45) is 3.08. The summed E-state index contributed by atoms with van der Waals surface area (Å²) in [6, 6.07) is 8.71. The number of likely N-dealkylation sites (tertiary alicyclic amines) is 1. The van der Waals surface area contributed by atoms with Gasteiger partial charge in [0.25, 0.3) is 0 Å². The summed E-state index contributed by atoms with van der Waals surface area (Å²) in [6.45, 7) is 14.1. The molecule has 0 spiro atoms. The highest BCUT2D eigenvalue weighted by molar-refractivity contribution is 5.79. The standard InChI is InChI=1S/C25H42N4O2/c1-4-26-24(28-18-25(9-11-30)10-12-31-19-25)27-14-22-7-5-6-8-23(22)17-29-15-20(2)13-21(3)16-29/h5-8,20-21,30H,4,9-19H2,1-3H3,(H2,26,27,28). The lowest BCUT2D eigenvalue weighted by molar-refractivity contribution is 0.127. The van der Waals surface area contributed by atoms with E-state index >= 15 is 0 Å². The third kappa shape index (κ3) is 7.19. The van der Waals surface area contributed by atoms with Crippen molar-refractivity contribution in [3.8, 4) is 0 Å². The average molecular weight is 431 g/mol. The van der Waals surface area contributed by atoms with Gasteiger partial charge >= 0.3 is 0 Å². The maximum atomic E-state index is 9.48. The minimum absolute atomic E-state index is 0.00446. The van der Waals surface area contributed by atoms with Crippen molar-refractivity contribution in [2.75, 3.05) is 46.0 Å². The maximum Gasteiger partial charge on any atom is 0.191 e. The highest BCUT2D eigenvalue weighted by Crippen LogP contribution is 2.31. The number of aliphatic hydroxyl groups is 1. The van der Waals surface area contributed by atoms with E-state index in [0.29, 0.717) is 13.2 Å². The molecule has 0 aromatic heterocycles. The molecule has 0 radical (unpaired) electrons. The van der Waals surface area contributed by atoms with Gasteiger partial charge in [-0.3, -0.25) is 4.90 Å². The molecule has 31 heavy (non-hydrogen) atoms. The molecule has 2 aliphatic rings. The number of aliphatic hydroxyl groups excluding tert-OH is 1. The number of rotatable bonds is 9. The van der Waals surface area contributed by atoms with Gasteiger partial charge in [-0.05, 0) is 49.1 Å². The number of nitrogens with one attached hydrogen (secondary N) is 2. The first kappa shape index (κ1) is 24.0. The Labute approximate surface area is 188 Å². The van der Waals surface area contributed by atoms with Gasteiger partial charge in [0.1, 0.15) is 0 Å². The van der Waals surface area contributed by atoms with E-state index < -0.39 is 0 Å². The second kappa shape index (κ2) is 11.8. The van der Waals surface area contributed by atoms with Crippen LogP contribution >= 0.6 is 0 Å². The fraction of sp³-hybridized carbons (Fsp3) is 0.720. The Morgan fingerprint density at radius 2 is 1.94 bits per heavy atom. The smallest absolute Gasteiger partial charge is 0.191 e. The largest absolute Gasteiger partial charge is 0.396 e. The lowest BCUT2D eigenvalue weighted by Crippen LogP contribution is -2.44. The van der Waals surface area contributed by atoms with Crippen LogP contribution in [0.5, 0.6) is 0 Å². The van der Waals surface area contributed by atoms with Crippen LogP contribution in [0.4, 0.5) is 0 Å². The van der Waals surface area contributed by atoms with Gasteiger partial charge < -0.3 is 20.5 Å². The number of hydrogen-bond acceptors (Lipinski definition) is 4. The Balaban J connectivity index is 1.64. The molecule has 6 nitrogen and oxygen atoms in total. The van der Waals surface area contributed by atoms with E-state index in [1.165, 1.54) is 30.6 Å². The number of ether oxygens (including phenoxy) is 1. The van der Waals surface area contributed by atoms with Gasteiger partial charge in [-0.15, -0.1) is 0 Å². The first-order valence-electron chi connectivity index (χ1n) is 12.0. The molecule has 6 heteroatoms. The van der Waals surface area contributed by atoms with Crippen molar-refractivity contribution in [1.29, 1.82) is 0 Å². The molecular weight excluding hydrogens is 388 g/mol. The zero-order valence-electron chi connectivity index (χ0n) is 19.7. The monoisotopic (exact) mass is 430 g/mol. The Morgan fingerprint density at radius 3 is 2.58 bits per heavy atom. The molecule has 2 saturated heterocycles. The minimum Gasteiger partial charge on any atom is -0.396 e. The fourth-order valence-corrected chi connectivity index (χ4v) is 5.12. The highest BCUT2D eigenvalue weighted by Gasteiger charge is 2.34. The molecule has 1 aromatic carbocycles. The van der Waals surface area contributed by atoms with E-state index in [4.69, 9.17) is 9.73 Å². The zero-order chi connectivity index (χ0) is 22.1. The zero-order valence-corrected chi connectivity index (χ0v) is 19.7. The number of guanidine groups is 1. The average Bonchev–Trinajstić information content (AvgIpc) is 3.19. The summed E-state index contributed by atoms with van der Waals surface area (Å²) < 4.78 is 5.62. The van der Waals surface area contributed by atoms with Crippen LogP contribution in [0.15, 0.2) is 29.3 Å². The molecule has 2 heterocycles. The van der Waals surface area contributed by atoms with E-state index in [2.05, 4.69) is 60.6 Å². The van der Waals surface area contributed by atoms with Gasteiger partial charge in [-0.1, -0.05) is 38.1 Å². The van der Waals surface area contributed by atoms with Crippen LogP contribution in [0.25, 0.3) is 0 Å². The van der Waals surface area contributed by atoms with Crippen molar-refractivity contribution in [2.24, 2.45) is 22.2 Å². The maximum absolute atomic E-state index is 9.48. The Morgan fingerprint density at radius 1 is 1.19 bits per heavy atom. The Kier molecular flexibility index (Phi) is 9.17. The number of piperidine rings is 1. The van der Waals surface area contributed by atoms with Crippen LogP contribution in [0.3, 0.4) is 0 Å². The number of hydrogen-bond donors (Lipinski definition) is 3. The summed E-state index contributed by atoms with van der Waals surface area (Å²) in [5, 5.41) is 16.4. The van der Waals surface area contributed by atoms with Crippen LogP contribution in [0.1, 0.15) is 51.2 Å². The fourth-order valence-electron chi connectivity index (χ4n) is 5.12. The molecule has 2 fully saturated rings. The van der Waals surface area contributed by atoms with E-state index in [9.17, 15) is 5.11 Å². The van der Waals surface area contributed by atoms with E-state index in [1.807, 2.05) is 0 Å². The van der Waals surface area contributed by atoms with Crippen LogP contribution in [0.2, 0.25) is 0 Å². The Bertz CT molecular complexity index is 693. The molecule has 0 bridgehead atoms. The SMILES string of the molecule is CCNC(=NCc1ccccc1CN1CC(C)CC(C)C1)NCC1(CCO)CCOC1. The summed E-state index contributed by atoms with van der Waals surface area (Å²) in [5.41, 5.74) is 2.68. The molecular formula is C25H42N4O2. The Hall–Kier alpha value is -1.63. The topological polar surface area (TPSA) is 69.1 Å². The third-order valence-corrected chi connectivity index (χ3v) is 6.67. The first-order chi connectivity index (χ1) is 15.0. The number of nitrogens with zero attached hydrogens (tertiary/aromatic N) is 2. The molecule has 0 amide bonds. The lowest BCUT2D eigenvalue weighted by Gasteiger charge is -2.35. The van der Waals surface area contributed by atoms with Gasteiger partial charge in [0.15, 0.2) is 5.96 Å². The number of aliphatic imine (C=N–C) groups is 1. The van der Waals surface area contributed by atoms with Crippen molar-refractivity contribution in [3.05, 3.63) is 35.4 Å². The second-order valence-electron chi connectivity index (χ2n) is 9.73. The predicted molar refractivity (Wildman–Crippen MR) is 127 cm³/mol. The van der Waals surface area contributed by atoms with Gasteiger partial charge in [0.2, 0.25) is 0 Å². The van der Waals surface area contributed by atoms with E-state index in [0.717, 1.165) is 56.9 Å². The van der Waals surface area contributed by atoms with Crippen LogP contribution in [-0.4, -0.2) is 62.0 Å². The second-order valence-corrected chi connectivity index (χ2v) is 9.73. The predicted octanol–water partition coefficient (Wildman–Crippen LogP) is 3.01. The first-order valence-corrected chi connectivity index (χ1v) is 12.0. The number of benzene rings is 1. The van der Waals surface area contributed by atoms with E-state index in [-0.39, 0.29) is 12.0 Å². The van der Waals surface area contributed by atoms with Gasteiger partial charge in [0.05, 0.1) is 13.2 Å².